The number of amides is 1. The van der Waals surface area contributed by atoms with Crippen molar-refractivity contribution < 1.29 is 46.9 Å². The molecule has 3 aromatic rings. The van der Waals surface area contributed by atoms with Gasteiger partial charge in [0.25, 0.3) is 0 Å². The highest BCUT2D eigenvalue weighted by molar-refractivity contribution is 7.52. The fourth-order valence-corrected chi connectivity index (χ4v) is 6.32. The standard InChI is InChI=1S/C30H43FN7O9P/c1-7-8-12-15-43-29(41)36-28-34-24(32-6)22-25(35-28)38(17-33-22)27-30(5,31)23(39)21(46-27)16-44-48(42,47-20-13-10-9-11-14-20)37-19(4)26(40)45-18(2)3/h9-11,13-14,17-19,21,23,27,39H,7-8,12,15-16H2,1-6H3,(H,37,42)(H2,32,34,35,36,41)/t19-,21+,23+,27+,30+,48?/m0/s1. The Morgan fingerprint density at radius 1 is 1.19 bits per heavy atom. The van der Waals surface area contributed by atoms with Crippen LogP contribution in [0.4, 0.5) is 21.0 Å². The number of alkyl halides is 1. The van der Waals surface area contributed by atoms with Gasteiger partial charge in [0.2, 0.25) is 5.95 Å². The highest BCUT2D eigenvalue weighted by atomic mass is 31.2. The molecule has 1 unspecified atom stereocenters. The number of unbranched alkanes of at least 4 members (excludes halogenated alkanes) is 2. The number of para-hydroxylation sites is 1. The van der Waals surface area contributed by atoms with Crippen LogP contribution in [0.3, 0.4) is 0 Å². The van der Waals surface area contributed by atoms with Gasteiger partial charge < -0.3 is 29.2 Å². The molecule has 0 radical (unpaired) electrons. The Bertz CT molecular complexity index is 1590. The number of imidazole rings is 1. The van der Waals surface area contributed by atoms with Crippen LogP contribution in [-0.4, -0.2) is 87.0 Å². The molecule has 0 bridgehead atoms. The summed E-state index contributed by atoms with van der Waals surface area (Å²) in [7, 11) is -2.76. The molecule has 0 aliphatic carbocycles. The predicted octanol–water partition coefficient (Wildman–Crippen LogP) is 4.73. The van der Waals surface area contributed by atoms with E-state index < -0.39 is 62.7 Å². The number of nitrogens with zero attached hydrogens (tertiary/aromatic N) is 4. The van der Waals surface area contributed by atoms with Crippen LogP contribution < -0.4 is 20.2 Å². The average Bonchev–Trinajstić information content (AvgIpc) is 3.55. The maximum absolute atomic E-state index is 16.3. The summed E-state index contributed by atoms with van der Waals surface area (Å²) < 4.78 is 59.1. The number of nitrogens with one attached hydrogen (secondary N) is 3. The van der Waals surface area contributed by atoms with E-state index in [0.717, 1.165) is 19.8 Å². The molecule has 1 aromatic carbocycles. The minimum Gasteiger partial charge on any atom is -0.462 e. The van der Waals surface area contributed by atoms with Crippen molar-refractivity contribution in [3.8, 4) is 5.75 Å². The Balaban J connectivity index is 1.55. The van der Waals surface area contributed by atoms with Crippen molar-refractivity contribution in [2.45, 2.75) is 90.1 Å². The summed E-state index contributed by atoms with van der Waals surface area (Å²) >= 11 is 0. The van der Waals surface area contributed by atoms with Gasteiger partial charge in [-0.25, -0.2) is 18.7 Å². The minimum atomic E-state index is -4.34. The number of benzene rings is 1. The molecule has 18 heteroatoms. The van der Waals surface area contributed by atoms with Crippen molar-refractivity contribution in [1.29, 1.82) is 0 Å². The minimum absolute atomic E-state index is 0.0792. The third-order valence-electron chi connectivity index (χ3n) is 7.26. The number of ether oxygens (including phenoxy) is 3. The number of carbonyl (C=O) groups excluding carboxylic acids is 2. The van der Waals surface area contributed by atoms with Crippen molar-refractivity contribution in [3.63, 3.8) is 0 Å². The zero-order valence-electron chi connectivity index (χ0n) is 27.7. The second-order valence-corrected chi connectivity index (χ2v) is 13.3. The zero-order chi connectivity index (χ0) is 35.1. The number of aromatic nitrogens is 4. The number of hydrogen-bond donors (Lipinski definition) is 4. The van der Waals surface area contributed by atoms with E-state index in [-0.39, 0.29) is 35.3 Å². The third kappa shape index (κ3) is 8.96. The number of carbonyl (C=O) groups is 2. The molecule has 264 valence electrons. The summed E-state index contributed by atoms with van der Waals surface area (Å²) in [5.41, 5.74) is -2.12. The van der Waals surface area contributed by atoms with Crippen LogP contribution in [0.15, 0.2) is 36.7 Å². The molecule has 1 saturated heterocycles. The van der Waals surface area contributed by atoms with Gasteiger partial charge in [0, 0.05) is 7.05 Å². The fraction of sp³-hybridized carbons (Fsp3) is 0.567. The molecule has 3 heterocycles. The fourth-order valence-electron chi connectivity index (χ4n) is 4.82. The number of anilines is 2. The molecule has 1 amide bonds. The molecule has 4 rings (SSSR count). The Kier molecular flexibility index (Phi) is 12.3. The molecule has 0 spiro atoms. The largest absolute Gasteiger partial charge is 0.462 e. The lowest BCUT2D eigenvalue weighted by atomic mass is 9.98. The van der Waals surface area contributed by atoms with E-state index in [0.29, 0.717) is 6.42 Å². The molecule has 6 atom stereocenters. The summed E-state index contributed by atoms with van der Waals surface area (Å²) in [6, 6.07) is 6.97. The van der Waals surface area contributed by atoms with Crippen LogP contribution in [0.5, 0.6) is 5.75 Å². The first-order chi connectivity index (χ1) is 22.8. The van der Waals surface area contributed by atoms with Crippen molar-refractivity contribution in [2.75, 3.05) is 30.9 Å². The van der Waals surface area contributed by atoms with E-state index in [1.165, 1.54) is 30.0 Å². The van der Waals surface area contributed by atoms with Crippen LogP contribution in [0.1, 0.15) is 60.1 Å². The van der Waals surface area contributed by atoms with E-state index in [4.69, 9.17) is 23.3 Å². The highest BCUT2D eigenvalue weighted by Gasteiger charge is 2.56. The Morgan fingerprint density at radius 2 is 1.92 bits per heavy atom. The third-order valence-corrected chi connectivity index (χ3v) is 8.90. The number of rotatable bonds is 16. The van der Waals surface area contributed by atoms with Gasteiger partial charge in [-0.2, -0.15) is 15.1 Å². The summed E-state index contributed by atoms with van der Waals surface area (Å²) in [5, 5.41) is 18.9. The molecular formula is C30H43FN7O9P. The number of hydrogen-bond acceptors (Lipinski definition) is 13. The average molecular weight is 696 g/mol. The molecule has 1 fully saturated rings. The number of esters is 1. The monoisotopic (exact) mass is 695 g/mol. The van der Waals surface area contributed by atoms with E-state index >= 15 is 4.39 Å². The maximum atomic E-state index is 16.3. The Hall–Kier alpha value is -3.89. The van der Waals surface area contributed by atoms with Crippen molar-refractivity contribution in [1.82, 2.24) is 24.6 Å². The molecule has 2 aromatic heterocycles. The first-order valence-corrected chi connectivity index (χ1v) is 17.2. The lowest BCUT2D eigenvalue weighted by Gasteiger charge is -2.25. The van der Waals surface area contributed by atoms with Gasteiger partial charge in [-0.15, -0.1) is 0 Å². The van der Waals surface area contributed by atoms with Crippen LogP contribution in [0.2, 0.25) is 0 Å². The number of aliphatic hydroxyl groups is 1. The molecule has 1 aliphatic rings. The first-order valence-electron chi connectivity index (χ1n) is 15.6. The van der Waals surface area contributed by atoms with Crippen molar-refractivity contribution in [3.05, 3.63) is 36.7 Å². The normalized spacial score (nSPS) is 22.6. The van der Waals surface area contributed by atoms with Gasteiger partial charge in [0.15, 0.2) is 28.9 Å². The molecular weight excluding hydrogens is 652 g/mol. The lowest BCUT2D eigenvalue weighted by molar-refractivity contribution is -0.149. The molecule has 16 nitrogen and oxygen atoms in total. The maximum Gasteiger partial charge on any atom is 0.459 e. The van der Waals surface area contributed by atoms with Gasteiger partial charge in [-0.3, -0.25) is 19.2 Å². The SMILES string of the molecule is CCCCCOC(=O)Nc1nc(NC)c2ncn([C@@H]3O[C@H](COP(=O)(N[C@@H](C)C(=O)OC(C)C)Oc4ccccc4)[C@@H](O)[C@@]3(C)F)c2n1. The van der Waals surface area contributed by atoms with Gasteiger partial charge in [-0.1, -0.05) is 38.0 Å². The summed E-state index contributed by atoms with van der Waals surface area (Å²) in [4.78, 5) is 37.7. The van der Waals surface area contributed by atoms with E-state index in [1.807, 2.05) is 6.92 Å². The quantitative estimate of drug-likeness (QED) is 0.0912. The summed E-state index contributed by atoms with van der Waals surface area (Å²) in [5.74, 6) is -0.442. The number of fused-ring (bicyclic) bond motifs is 1. The van der Waals surface area contributed by atoms with Gasteiger partial charge in [0.1, 0.15) is 24.0 Å². The van der Waals surface area contributed by atoms with E-state index in [1.54, 1.807) is 39.1 Å². The lowest BCUT2D eigenvalue weighted by Crippen LogP contribution is -2.41. The molecule has 4 N–H and O–H groups in total. The molecule has 48 heavy (non-hydrogen) atoms. The van der Waals surface area contributed by atoms with Gasteiger partial charge >= 0.3 is 19.8 Å². The Morgan fingerprint density at radius 3 is 2.58 bits per heavy atom. The topological polar surface area (TPSA) is 197 Å². The Labute approximate surface area is 277 Å². The van der Waals surface area contributed by atoms with Crippen LogP contribution >= 0.6 is 7.75 Å². The second kappa shape index (κ2) is 16.0. The van der Waals surface area contributed by atoms with Crippen molar-refractivity contribution >= 4 is 42.7 Å². The van der Waals surface area contributed by atoms with Gasteiger partial charge in [0.05, 0.1) is 25.6 Å². The number of halogens is 1. The molecule has 0 saturated carbocycles. The first kappa shape index (κ1) is 36.9. The summed E-state index contributed by atoms with van der Waals surface area (Å²) in [6.45, 7) is 7.52. The summed E-state index contributed by atoms with van der Waals surface area (Å²) in [6.07, 6.45) is -2.01. The second-order valence-electron chi connectivity index (χ2n) is 11.6. The van der Waals surface area contributed by atoms with E-state index in [2.05, 4.69) is 30.7 Å². The predicted molar refractivity (Wildman–Crippen MR) is 173 cm³/mol. The van der Waals surface area contributed by atoms with Crippen LogP contribution in [-0.2, 0) is 28.1 Å². The van der Waals surface area contributed by atoms with Gasteiger partial charge in [-0.05, 0) is 46.2 Å². The highest BCUT2D eigenvalue weighted by Crippen LogP contribution is 2.48. The zero-order valence-corrected chi connectivity index (χ0v) is 28.6. The van der Waals surface area contributed by atoms with E-state index in [9.17, 15) is 19.3 Å². The van der Waals surface area contributed by atoms with Crippen molar-refractivity contribution in [2.24, 2.45) is 0 Å². The smallest absolute Gasteiger partial charge is 0.459 e. The van der Waals surface area contributed by atoms with Crippen LogP contribution in [0.25, 0.3) is 11.2 Å². The van der Waals surface area contributed by atoms with Crippen LogP contribution in [0, 0.1) is 0 Å². The number of aliphatic hydroxyl groups excluding tert-OH is 1. The molecule has 1 aliphatic heterocycles.